The van der Waals surface area contributed by atoms with Crippen molar-refractivity contribution >= 4 is 19.3 Å². The molecule has 0 aliphatic carbocycles. The fraction of sp³-hybridized carbons (Fsp3) is 0.176. The SMILES string of the molecule is C=CC[Si](CC=C)(CC=C)c1ccc(C=C)cc1. The number of rotatable bonds is 8. The molecule has 1 aromatic rings. The maximum Gasteiger partial charge on any atom is 0.0977 e. The third-order valence-corrected chi connectivity index (χ3v) is 8.13. The summed E-state index contributed by atoms with van der Waals surface area (Å²) in [5.41, 5.74) is 1.16. The van der Waals surface area contributed by atoms with Gasteiger partial charge in [-0.1, -0.05) is 60.3 Å². The van der Waals surface area contributed by atoms with Crippen LogP contribution in [0.1, 0.15) is 5.56 Å². The molecule has 18 heavy (non-hydrogen) atoms. The molecule has 1 aromatic carbocycles. The molecule has 0 unspecified atom stereocenters. The summed E-state index contributed by atoms with van der Waals surface area (Å²) in [5.74, 6) is 0. The first-order chi connectivity index (χ1) is 8.72. The van der Waals surface area contributed by atoms with E-state index in [2.05, 4.69) is 50.6 Å². The Morgan fingerprint density at radius 1 is 0.778 bits per heavy atom. The number of hydrogen-bond acceptors (Lipinski definition) is 0. The maximum absolute atomic E-state index is 3.92. The largest absolute Gasteiger partial charge is 0.103 e. The van der Waals surface area contributed by atoms with Crippen molar-refractivity contribution in [3.05, 3.63) is 74.4 Å². The van der Waals surface area contributed by atoms with E-state index < -0.39 is 8.07 Å². The van der Waals surface area contributed by atoms with Gasteiger partial charge < -0.3 is 0 Å². The molecule has 94 valence electrons. The van der Waals surface area contributed by atoms with Crippen LogP contribution < -0.4 is 5.19 Å². The molecule has 0 radical (unpaired) electrons. The average molecular weight is 254 g/mol. The summed E-state index contributed by atoms with van der Waals surface area (Å²) in [6.45, 7) is 15.6. The van der Waals surface area contributed by atoms with E-state index >= 15 is 0 Å². The van der Waals surface area contributed by atoms with Crippen molar-refractivity contribution in [2.75, 3.05) is 0 Å². The second-order valence-corrected chi connectivity index (χ2v) is 8.95. The van der Waals surface area contributed by atoms with Gasteiger partial charge in [-0.2, -0.15) is 0 Å². The molecule has 0 heterocycles. The lowest BCUT2D eigenvalue weighted by Crippen LogP contribution is -2.46. The Morgan fingerprint density at radius 3 is 1.56 bits per heavy atom. The van der Waals surface area contributed by atoms with Crippen LogP contribution in [-0.4, -0.2) is 8.07 Å². The van der Waals surface area contributed by atoms with Gasteiger partial charge in [-0.3, -0.25) is 0 Å². The Bertz CT molecular complexity index is 399. The minimum absolute atomic E-state index is 1.07. The molecule has 0 aliphatic heterocycles. The highest BCUT2D eigenvalue weighted by Gasteiger charge is 2.30. The van der Waals surface area contributed by atoms with Gasteiger partial charge in [0.05, 0.1) is 8.07 Å². The Morgan fingerprint density at radius 2 is 1.22 bits per heavy atom. The smallest absolute Gasteiger partial charge is 0.0977 e. The molecule has 0 nitrogen and oxygen atoms in total. The third kappa shape index (κ3) is 3.20. The summed E-state index contributed by atoms with van der Waals surface area (Å²) in [5, 5.41) is 1.45. The Hall–Kier alpha value is -1.60. The number of benzene rings is 1. The topological polar surface area (TPSA) is 0 Å². The quantitative estimate of drug-likeness (QED) is 0.472. The number of allylic oxidation sites excluding steroid dienone is 3. The highest BCUT2D eigenvalue weighted by molar-refractivity contribution is 6.92. The highest BCUT2D eigenvalue weighted by Crippen LogP contribution is 2.23. The number of hydrogen-bond donors (Lipinski definition) is 0. The molecule has 0 atom stereocenters. The summed E-state index contributed by atoms with van der Waals surface area (Å²) in [6.07, 6.45) is 8.00. The fourth-order valence-corrected chi connectivity index (χ4v) is 6.14. The Balaban J connectivity index is 3.19. The third-order valence-electron chi connectivity index (χ3n) is 3.36. The second-order valence-electron chi connectivity index (χ2n) is 4.58. The van der Waals surface area contributed by atoms with Crippen LogP contribution in [0.5, 0.6) is 0 Å². The Labute approximate surface area is 112 Å². The first kappa shape index (κ1) is 14.5. The fourth-order valence-electron chi connectivity index (χ4n) is 2.41. The second kappa shape index (κ2) is 6.97. The van der Waals surface area contributed by atoms with Crippen LogP contribution in [0.2, 0.25) is 18.1 Å². The summed E-state index contributed by atoms with van der Waals surface area (Å²) in [4.78, 5) is 0. The predicted octanol–water partition coefficient (Wildman–Crippen LogP) is 4.54. The van der Waals surface area contributed by atoms with E-state index in [0.717, 1.165) is 23.7 Å². The molecule has 0 N–H and O–H groups in total. The molecule has 0 fully saturated rings. The van der Waals surface area contributed by atoms with E-state index in [1.54, 1.807) is 0 Å². The standard InChI is InChI=1S/C17H22Si/c1-5-13-18(14-6-2,15-7-3)17-11-9-16(8-4)10-12-17/h5-12H,1-4,13-15H2. The van der Waals surface area contributed by atoms with Crippen molar-refractivity contribution in [2.24, 2.45) is 0 Å². The molecule has 1 heteroatoms. The van der Waals surface area contributed by atoms with Gasteiger partial charge >= 0.3 is 0 Å². The van der Waals surface area contributed by atoms with Gasteiger partial charge in [0.1, 0.15) is 0 Å². The summed E-state index contributed by atoms with van der Waals surface area (Å²) in [7, 11) is -1.60. The molecule has 0 bridgehead atoms. The van der Waals surface area contributed by atoms with Gasteiger partial charge in [0.2, 0.25) is 0 Å². The van der Waals surface area contributed by atoms with E-state index in [-0.39, 0.29) is 0 Å². The van der Waals surface area contributed by atoms with Crippen molar-refractivity contribution in [1.29, 1.82) is 0 Å². The lowest BCUT2D eigenvalue weighted by molar-refractivity contribution is 1.38. The summed E-state index contributed by atoms with van der Waals surface area (Å²) < 4.78 is 0. The molecule has 0 spiro atoms. The van der Waals surface area contributed by atoms with Gasteiger partial charge in [0.15, 0.2) is 0 Å². The minimum atomic E-state index is -1.60. The first-order valence-corrected chi connectivity index (χ1v) is 8.90. The average Bonchev–Trinajstić information content (AvgIpc) is 2.39. The van der Waals surface area contributed by atoms with Gasteiger partial charge in [0.25, 0.3) is 0 Å². The van der Waals surface area contributed by atoms with Crippen molar-refractivity contribution in [3.8, 4) is 0 Å². The van der Waals surface area contributed by atoms with Crippen LogP contribution >= 0.6 is 0 Å². The molecule has 0 aliphatic rings. The van der Waals surface area contributed by atoms with E-state index in [0.29, 0.717) is 0 Å². The lowest BCUT2D eigenvalue weighted by Gasteiger charge is -2.29. The van der Waals surface area contributed by atoms with Crippen LogP contribution in [0.3, 0.4) is 0 Å². The highest BCUT2D eigenvalue weighted by atomic mass is 28.3. The molecule has 0 saturated heterocycles. The van der Waals surface area contributed by atoms with Crippen molar-refractivity contribution in [1.82, 2.24) is 0 Å². The molecule has 1 rings (SSSR count). The minimum Gasteiger partial charge on any atom is -0.103 e. The zero-order chi connectivity index (χ0) is 13.4. The van der Waals surface area contributed by atoms with E-state index in [1.165, 1.54) is 5.19 Å². The van der Waals surface area contributed by atoms with Gasteiger partial charge in [-0.05, 0) is 23.7 Å². The van der Waals surface area contributed by atoms with Gasteiger partial charge in [0, 0.05) is 0 Å². The normalized spacial score (nSPS) is 10.7. The monoisotopic (exact) mass is 254 g/mol. The summed E-state index contributed by atoms with van der Waals surface area (Å²) in [6, 6.07) is 12.0. The van der Waals surface area contributed by atoms with E-state index in [9.17, 15) is 0 Å². The summed E-state index contributed by atoms with van der Waals surface area (Å²) >= 11 is 0. The molecule has 0 aromatic heterocycles. The molecule has 0 amide bonds. The lowest BCUT2D eigenvalue weighted by atomic mass is 10.2. The Kier molecular flexibility index (Phi) is 5.60. The van der Waals surface area contributed by atoms with Crippen molar-refractivity contribution in [3.63, 3.8) is 0 Å². The molecule has 0 saturated carbocycles. The van der Waals surface area contributed by atoms with Gasteiger partial charge in [-0.25, -0.2) is 0 Å². The van der Waals surface area contributed by atoms with Crippen LogP contribution in [0.4, 0.5) is 0 Å². The first-order valence-electron chi connectivity index (χ1n) is 6.28. The van der Waals surface area contributed by atoms with E-state index in [1.807, 2.05) is 24.3 Å². The van der Waals surface area contributed by atoms with E-state index in [4.69, 9.17) is 0 Å². The zero-order valence-electron chi connectivity index (χ0n) is 11.1. The van der Waals surface area contributed by atoms with Crippen LogP contribution in [0.25, 0.3) is 6.08 Å². The predicted molar refractivity (Wildman–Crippen MR) is 86.9 cm³/mol. The zero-order valence-corrected chi connectivity index (χ0v) is 12.1. The van der Waals surface area contributed by atoms with Crippen LogP contribution in [0, 0.1) is 0 Å². The van der Waals surface area contributed by atoms with Crippen LogP contribution in [-0.2, 0) is 0 Å². The molecular weight excluding hydrogens is 232 g/mol. The van der Waals surface area contributed by atoms with Crippen LogP contribution in [0.15, 0.2) is 68.8 Å². The molecular formula is C17H22Si. The van der Waals surface area contributed by atoms with Crippen molar-refractivity contribution < 1.29 is 0 Å². The van der Waals surface area contributed by atoms with Crippen molar-refractivity contribution in [2.45, 2.75) is 18.1 Å². The maximum atomic E-state index is 3.92. The van der Waals surface area contributed by atoms with Gasteiger partial charge in [-0.15, -0.1) is 19.7 Å².